The van der Waals surface area contributed by atoms with Crippen LogP contribution in [0, 0.1) is 0 Å². The van der Waals surface area contributed by atoms with E-state index in [1.165, 1.54) is 56.3 Å². The maximum Gasteiger partial charge on any atom is 0.119 e. The number of hydrogen-bond acceptors (Lipinski definition) is 3. The summed E-state index contributed by atoms with van der Waals surface area (Å²) in [4.78, 5) is 2.52. The minimum absolute atomic E-state index is 0. The Morgan fingerprint density at radius 1 is 1.00 bits per heavy atom. The van der Waals surface area contributed by atoms with Gasteiger partial charge >= 0.3 is 0 Å². The number of aryl methyl sites for hydroxylation is 1. The van der Waals surface area contributed by atoms with Gasteiger partial charge in [-0.1, -0.05) is 12.5 Å². The highest BCUT2D eigenvalue weighted by Crippen LogP contribution is 2.21. The normalized spacial score (nSPS) is 18.4. The van der Waals surface area contributed by atoms with E-state index in [4.69, 9.17) is 4.74 Å². The van der Waals surface area contributed by atoms with Crippen molar-refractivity contribution in [2.24, 2.45) is 0 Å². The third-order valence-electron chi connectivity index (χ3n) is 4.42. The van der Waals surface area contributed by atoms with E-state index in [1.807, 2.05) is 0 Å². The molecule has 0 atom stereocenters. The summed E-state index contributed by atoms with van der Waals surface area (Å²) >= 11 is 0. The Balaban J connectivity index is 0.00000121. The predicted octanol–water partition coefficient (Wildman–Crippen LogP) is 3.43. The van der Waals surface area contributed by atoms with Crippen molar-refractivity contribution in [1.82, 2.24) is 10.2 Å². The standard InChI is InChI=1S/C17H26N2O.2ClH/c1-2-9-19(10-3-1)11-12-20-17-7-6-16-14-18-8-4-5-15(16)13-17;;/h6-7,13,18H,1-5,8-12,14H2;2*1H. The van der Waals surface area contributed by atoms with E-state index >= 15 is 0 Å². The molecule has 22 heavy (non-hydrogen) atoms. The summed E-state index contributed by atoms with van der Waals surface area (Å²) in [5.74, 6) is 1.04. The number of halogens is 2. The monoisotopic (exact) mass is 346 g/mol. The van der Waals surface area contributed by atoms with Crippen LogP contribution in [0.5, 0.6) is 5.75 Å². The minimum Gasteiger partial charge on any atom is -0.492 e. The van der Waals surface area contributed by atoms with E-state index in [-0.39, 0.29) is 24.8 Å². The maximum absolute atomic E-state index is 5.95. The van der Waals surface area contributed by atoms with Gasteiger partial charge in [0.2, 0.25) is 0 Å². The first kappa shape index (κ1) is 19.6. The van der Waals surface area contributed by atoms with Gasteiger partial charge in [0.1, 0.15) is 12.4 Å². The van der Waals surface area contributed by atoms with Crippen molar-refractivity contribution >= 4 is 24.8 Å². The zero-order chi connectivity index (χ0) is 13.6. The van der Waals surface area contributed by atoms with Crippen LogP contribution < -0.4 is 10.1 Å². The highest BCUT2D eigenvalue weighted by molar-refractivity contribution is 5.85. The van der Waals surface area contributed by atoms with Gasteiger partial charge in [0.15, 0.2) is 0 Å². The lowest BCUT2D eigenvalue weighted by atomic mass is 10.0. The van der Waals surface area contributed by atoms with Crippen molar-refractivity contribution in [3.8, 4) is 5.75 Å². The summed E-state index contributed by atoms with van der Waals surface area (Å²) in [6.45, 7) is 6.51. The lowest BCUT2D eigenvalue weighted by molar-refractivity contribution is 0.183. The second-order valence-electron chi connectivity index (χ2n) is 5.96. The number of benzene rings is 1. The molecule has 1 saturated heterocycles. The SMILES string of the molecule is Cl.Cl.c1cc2c(cc1OCCN1CCCCC1)CCCNC2. The largest absolute Gasteiger partial charge is 0.492 e. The summed E-state index contributed by atoms with van der Waals surface area (Å²) in [6, 6.07) is 6.60. The van der Waals surface area contributed by atoms with Crippen LogP contribution >= 0.6 is 24.8 Å². The van der Waals surface area contributed by atoms with Crippen molar-refractivity contribution in [3.05, 3.63) is 29.3 Å². The van der Waals surface area contributed by atoms with E-state index < -0.39 is 0 Å². The van der Waals surface area contributed by atoms with Gasteiger partial charge in [0, 0.05) is 13.1 Å². The van der Waals surface area contributed by atoms with E-state index in [0.29, 0.717) is 0 Å². The molecule has 1 fully saturated rings. The molecule has 3 nitrogen and oxygen atoms in total. The van der Waals surface area contributed by atoms with Gasteiger partial charge in [-0.3, -0.25) is 4.90 Å². The van der Waals surface area contributed by atoms with Crippen molar-refractivity contribution in [2.45, 2.75) is 38.6 Å². The number of nitrogens with zero attached hydrogens (tertiary/aromatic N) is 1. The minimum atomic E-state index is 0. The molecule has 5 heteroatoms. The summed E-state index contributed by atoms with van der Waals surface area (Å²) in [6.07, 6.45) is 6.50. The van der Waals surface area contributed by atoms with Crippen LogP contribution in [0.25, 0.3) is 0 Å². The molecule has 0 spiro atoms. The predicted molar refractivity (Wildman–Crippen MR) is 96.8 cm³/mol. The molecular weight excluding hydrogens is 319 g/mol. The first-order chi connectivity index (χ1) is 9.92. The van der Waals surface area contributed by atoms with Gasteiger partial charge in [0.25, 0.3) is 0 Å². The van der Waals surface area contributed by atoms with Crippen LogP contribution in [0.3, 0.4) is 0 Å². The third-order valence-corrected chi connectivity index (χ3v) is 4.42. The smallest absolute Gasteiger partial charge is 0.119 e. The zero-order valence-electron chi connectivity index (χ0n) is 13.2. The van der Waals surface area contributed by atoms with E-state index in [2.05, 4.69) is 28.4 Å². The molecule has 0 unspecified atom stereocenters. The van der Waals surface area contributed by atoms with Crippen LogP contribution in [-0.4, -0.2) is 37.7 Å². The molecule has 0 bridgehead atoms. The lowest BCUT2D eigenvalue weighted by Gasteiger charge is -2.26. The molecule has 2 aliphatic rings. The van der Waals surface area contributed by atoms with Crippen molar-refractivity contribution < 1.29 is 4.74 Å². The average molecular weight is 347 g/mol. The van der Waals surface area contributed by atoms with Gasteiger partial charge in [0.05, 0.1) is 0 Å². The Morgan fingerprint density at radius 2 is 1.82 bits per heavy atom. The molecule has 1 aromatic carbocycles. The molecule has 0 radical (unpaired) electrons. The van der Waals surface area contributed by atoms with Crippen LogP contribution in [0.15, 0.2) is 18.2 Å². The van der Waals surface area contributed by atoms with E-state index in [1.54, 1.807) is 0 Å². The van der Waals surface area contributed by atoms with Crippen molar-refractivity contribution in [3.63, 3.8) is 0 Å². The highest BCUT2D eigenvalue weighted by Gasteiger charge is 2.11. The average Bonchev–Trinajstić information content (AvgIpc) is 2.73. The molecule has 2 heterocycles. The van der Waals surface area contributed by atoms with Crippen LogP contribution in [0.4, 0.5) is 0 Å². The second-order valence-corrected chi connectivity index (χ2v) is 5.96. The summed E-state index contributed by atoms with van der Waals surface area (Å²) in [5, 5.41) is 3.46. The third kappa shape index (κ3) is 5.62. The first-order valence-corrected chi connectivity index (χ1v) is 8.09. The Labute approximate surface area is 146 Å². The molecule has 3 rings (SSSR count). The summed E-state index contributed by atoms with van der Waals surface area (Å²) < 4.78 is 5.95. The molecule has 0 amide bonds. The quantitative estimate of drug-likeness (QED) is 0.903. The first-order valence-electron chi connectivity index (χ1n) is 8.09. The Kier molecular flexibility index (Phi) is 9.18. The number of nitrogens with one attached hydrogen (secondary N) is 1. The van der Waals surface area contributed by atoms with E-state index in [9.17, 15) is 0 Å². The van der Waals surface area contributed by atoms with Gasteiger partial charge in [-0.2, -0.15) is 0 Å². The topological polar surface area (TPSA) is 24.5 Å². The van der Waals surface area contributed by atoms with Crippen LogP contribution in [-0.2, 0) is 13.0 Å². The maximum atomic E-state index is 5.95. The number of ether oxygens (including phenoxy) is 1. The fraction of sp³-hybridized carbons (Fsp3) is 0.647. The van der Waals surface area contributed by atoms with Gasteiger partial charge < -0.3 is 10.1 Å². The van der Waals surface area contributed by atoms with Crippen molar-refractivity contribution in [2.75, 3.05) is 32.8 Å². The molecule has 0 aliphatic carbocycles. The molecule has 126 valence electrons. The zero-order valence-corrected chi connectivity index (χ0v) is 14.8. The number of fused-ring (bicyclic) bond motifs is 1. The van der Waals surface area contributed by atoms with E-state index in [0.717, 1.165) is 32.0 Å². The Bertz CT molecular complexity index is 437. The molecular formula is C17H28Cl2N2O. The summed E-state index contributed by atoms with van der Waals surface area (Å²) in [7, 11) is 0. The number of hydrogen-bond donors (Lipinski definition) is 1. The lowest BCUT2D eigenvalue weighted by Crippen LogP contribution is -2.33. The molecule has 1 N–H and O–H groups in total. The Morgan fingerprint density at radius 3 is 2.64 bits per heavy atom. The number of piperidine rings is 1. The second kappa shape index (κ2) is 10.3. The van der Waals surface area contributed by atoms with Crippen molar-refractivity contribution in [1.29, 1.82) is 0 Å². The molecule has 1 aromatic rings. The van der Waals surface area contributed by atoms with Crippen LogP contribution in [0.2, 0.25) is 0 Å². The van der Waals surface area contributed by atoms with Gasteiger partial charge in [-0.15, -0.1) is 24.8 Å². The fourth-order valence-corrected chi connectivity index (χ4v) is 3.20. The summed E-state index contributed by atoms with van der Waals surface area (Å²) in [5.41, 5.74) is 2.90. The number of likely N-dealkylation sites (tertiary alicyclic amines) is 1. The molecule has 0 aromatic heterocycles. The fourth-order valence-electron chi connectivity index (χ4n) is 3.20. The van der Waals surface area contributed by atoms with Gasteiger partial charge in [-0.25, -0.2) is 0 Å². The van der Waals surface area contributed by atoms with Gasteiger partial charge in [-0.05, 0) is 68.6 Å². The molecule has 0 saturated carbocycles. The highest BCUT2D eigenvalue weighted by atomic mass is 35.5. The molecule has 2 aliphatic heterocycles. The number of rotatable bonds is 4. The van der Waals surface area contributed by atoms with Crippen LogP contribution in [0.1, 0.15) is 36.8 Å². The Hall–Kier alpha value is -0.480.